The van der Waals surface area contributed by atoms with Gasteiger partial charge in [-0.05, 0) is 19.3 Å². The highest BCUT2D eigenvalue weighted by atomic mass is 16.6. The summed E-state index contributed by atoms with van der Waals surface area (Å²) >= 11 is 0. The minimum atomic E-state index is -0.559. The van der Waals surface area contributed by atoms with Gasteiger partial charge in [0, 0.05) is 13.2 Å². The van der Waals surface area contributed by atoms with E-state index < -0.39 is 4.92 Å². The van der Waals surface area contributed by atoms with Crippen LogP contribution in [0.15, 0.2) is 6.20 Å². The molecular formula is C9H16N6O3. The molecule has 0 aliphatic carbocycles. The number of nitrogens with zero attached hydrogens (tertiary/aromatic N) is 3. The van der Waals surface area contributed by atoms with Crippen LogP contribution in [0, 0.1) is 10.1 Å². The third kappa shape index (κ3) is 4.11. The van der Waals surface area contributed by atoms with Gasteiger partial charge in [0.2, 0.25) is 11.8 Å². The third-order valence-corrected chi connectivity index (χ3v) is 2.22. The van der Waals surface area contributed by atoms with Crippen molar-refractivity contribution in [2.75, 3.05) is 23.9 Å². The van der Waals surface area contributed by atoms with Crippen LogP contribution in [0.2, 0.25) is 0 Å². The van der Waals surface area contributed by atoms with Gasteiger partial charge in [-0.25, -0.2) is 10.8 Å². The van der Waals surface area contributed by atoms with E-state index in [1.54, 1.807) is 0 Å². The zero-order valence-electron chi connectivity index (χ0n) is 9.80. The number of aliphatic hydroxyl groups is 1. The van der Waals surface area contributed by atoms with Crippen LogP contribution in [0.4, 0.5) is 17.5 Å². The molecule has 0 radical (unpaired) electrons. The van der Waals surface area contributed by atoms with E-state index in [0.717, 1.165) is 19.0 Å². The molecule has 0 unspecified atom stereocenters. The minimum absolute atomic E-state index is 0.110. The van der Waals surface area contributed by atoms with Gasteiger partial charge < -0.3 is 10.4 Å². The summed E-state index contributed by atoms with van der Waals surface area (Å²) in [5.74, 6) is 5.38. The van der Waals surface area contributed by atoms with Gasteiger partial charge in [-0.1, -0.05) is 0 Å². The lowest BCUT2D eigenvalue weighted by molar-refractivity contribution is -0.384. The maximum atomic E-state index is 10.8. The molecule has 0 aromatic carbocycles. The number of nitrogens with two attached hydrogens (primary N) is 1. The first kappa shape index (κ1) is 14.1. The van der Waals surface area contributed by atoms with Gasteiger partial charge in [-0.3, -0.25) is 15.5 Å². The predicted octanol–water partition coefficient (Wildman–Crippen LogP) is 0.245. The molecule has 18 heavy (non-hydrogen) atoms. The Morgan fingerprint density at radius 1 is 1.44 bits per heavy atom. The fourth-order valence-electron chi connectivity index (χ4n) is 1.33. The van der Waals surface area contributed by atoms with Gasteiger partial charge in [0.05, 0.1) is 4.92 Å². The van der Waals surface area contributed by atoms with Gasteiger partial charge in [-0.15, -0.1) is 0 Å². The van der Waals surface area contributed by atoms with E-state index in [4.69, 9.17) is 10.9 Å². The van der Waals surface area contributed by atoms with Crippen LogP contribution in [0.25, 0.3) is 0 Å². The fraction of sp³-hybridized carbons (Fsp3) is 0.556. The maximum Gasteiger partial charge on any atom is 0.329 e. The summed E-state index contributed by atoms with van der Waals surface area (Å²) in [6.07, 6.45) is 3.43. The van der Waals surface area contributed by atoms with Crippen molar-refractivity contribution < 1.29 is 10.0 Å². The number of anilines is 2. The summed E-state index contributed by atoms with van der Waals surface area (Å²) in [5, 5.41) is 22.2. The van der Waals surface area contributed by atoms with Crippen molar-refractivity contribution in [3.05, 3.63) is 16.3 Å². The van der Waals surface area contributed by atoms with E-state index in [1.807, 2.05) is 0 Å². The number of aromatic nitrogens is 2. The molecule has 0 fully saturated rings. The number of hydrogen-bond acceptors (Lipinski definition) is 8. The number of hydrogen-bond donors (Lipinski definition) is 4. The zero-order chi connectivity index (χ0) is 13.4. The molecule has 0 aliphatic rings. The van der Waals surface area contributed by atoms with Gasteiger partial charge in [0.15, 0.2) is 0 Å². The number of hydrazine groups is 1. The van der Waals surface area contributed by atoms with Crippen LogP contribution in [0.1, 0.15) is 19.3 Å². The second kappa shape index (κ2) is 7.35. The van der Waals surface area contributed by atoms with E-state index in [2.05, 4.69) is 20.7 Å². The molecule has 0 spiro atoms. The van der Waals surface area contributed by atoms with Gasteiger partial charge in [0.1, 0.15) is 6.20 Å². The van der Waals surface area contributed by atoms with Crippen LogP contribution in [0.5, 0.6) is 0 Å². The largest absolute Gasteiger partial charge is 0.396 e. The Morgan fingerprint density at radius 2 is 2.22 bits per heavy atom. The van der Waals surface area contributed by atoms with Crippen LogP contribution in [0.3, 0.4) is 0 Å². The summed E-state index contributed by atoms with van der Waals surface area (Å²) in [6.45, 7) is 0.677. The number of nitro groups is 1. The Bertz CT molecular complexity index is 400. The smallest absolute Gasteiger partial charge is 0.329 e. The quantitative estimate of drug-likeness (QED) is 0.224. The monoisotopic (exact) mass is 256 g/mol. The molecule has 9 nitrogen and oxygen atoms in total. The van der Waals surface area contributed by atoms with Crippen LogP contribution in [-0.2, 0) is 0 Å². The highest BCUT2D eigenvalue weighted by molar-refractivity contribution is 5.56. The van der Waals surface area contributed by atoms with Crippen molar-refractivity contribution in [2.45, 2.75) is 19.3 Å². The lowest BCUT2D eigenvalue weighted by Crippen LogP contribution is -2.13. The van der Waals surface area contributed by atoms with E-state index in [-0.39, 0.29) is 24.1 Å². The average molecular weight is 256 g/mol. The summed E-state index contributed by atoms with van der Waals surface area (Å²) in [4.78, 5) is 17.8. The molecule has 5 N–H and O–H groups in total. The molecule has 9 heteroatoms. The summed E-state index contributed by atoms with van der Waals surface area (Å²) < 4.78 is 0. The third-order valence-electron chi connectivity index (χ3n) is 2.22. The highest BCUT2D eigenvalue weighted by Gasteiger charge is 2.16. The molecule has 1 aromatic rings. The lowest BCUT2D eigenvalue weighted by atomic mass is 10.2. The topological polar surface area (TPSA) is 139 Å². The van der Waals surface area contributed by atoms with Crippen molar-refractivity contribution in [1.29, 1.82) is 0 Å². The average Bonchev–Trinajstić information content (AvgIpc) is 2.38. The molecule has 0 saturated heterocycles. The molecule has 1 heterocycles. The molecule has 0 amide bonds. The second-order valence-electron chi connectivity index (χ2n) is 3.54. The van der Waals surface area contributed by atoms with Crippen molar-refractivity contribution >= 4 is 17.5 Å². The molecule has 0 aliphatic heterocycles. The van der Waals surface area contributed by atoms with Crippen LogP contribution >= 0.6 is 0 Å². The Labute approximate surface area is 104 Å². The molecule has 0 atom stereocenters. The first-order valence-corrected chi connectivity index (χ1v) is 5.51. The van der Waals surface area contributed by atoms with E-state index in [0.29, 0.717) is 13.0 Å². The predicted molar refractivity (Wildman–Crippen MR) is 65.9 cm³/mol. The summed E-state index contributed by atoms with van der Waals surface area (Å²) in [5.41, 5.74) is 2.03. The van der Waals surface area contributed by atoms with Crippen LogP contribution < -0.4 is 16.6 Å². The number of aliphatic hydroxyl groups excluding tert-OH is 1. The Morgan fingerprint density at radius 3 is 2.83 bits per heavy atom. The summed E-state index contributed by atoms with van der Waals surface area (Å²) in [7, 11) is 0. The molecule has 0 bridgehead atoms. The first-order chi connectivity index (χ1) is 8.69. The molecule has 1 aromatic heterocycles. The van der Waals surface area contributed by atoms with Crippen LogP contribution in [-0.4, -0.2) is 33.1 Å². The summed E-state index contributed by atoms with van der Waals surface area (Å²) in [6, 6.07) is 0. The van der Waals surface area contributed by atoms with Gasteiger partial charge >= 0.3 is 5.69 Å². The number of rotatable bonds is 8. The second-order valence-corrected chi connectivity index (χ2v) is 3.54. The fourth-order valence-corrected chi connectivity index (χ4v) is 1.33. The lowest BCUT2D eigenvalue weighted by Gasteiger charge is -2.06. The van der Waals surface area contributed by atoms with Gasteiger partial charge in [-0.2, -0.15) is 4.98 Å². The first-order valence-electron chi connectivity index (χ1n) is 5.51. The van der Waals surface area contributed by atoms with Crippen molar-refractivity contribution in [3.8, 4) is 0 Å². The standard InChI is InChI=1S/C9H16N6O3/c10-14-9-12-6-7(15(17)18)8(13-9)11-4-2-1-3-5-16/h6,16H,1-5,10H2,(H2,11,12,13,14). The van der Waals surface area contributed by atoms with E-state index >= 15 is 0 Å². The zero-order valence-corrected chi connectivity index (χ0v) is 9.80. The number of nitrogen functional groups attached to an aromatic ring is 1. The molecule has 100 valence electrons. The van der Waals surface area contributed by atoms with Crippen molar-refractivity contribution in [1.82, 2.24) is 9.97 Å². The number of nitrogens with one attached hydrogen (secondary N) is 2. The maximum absolute atomic E-state index is 10.8. The van der Waals surface area contributed by atoms with Crippen molar-refractivity contribution in [2.24, 2.45) is 5.84 Å². The Hall–Kier alpha value is -2.00. The molecule has 0 saturated carbocycles. The minimum Gasteiger partial charge on any atom is -0.396 e. The number of unbranched alkanes of at least 4 members (excludes halogenated alkanes) is 2. The Balaban J connectivity index is 2.63. The normalized spacial score (nSPS) is 10.1. The van der Waals surface area contributed by atoms with E-state index in [1.165, 1.54) is 0 Å². The highest BCUT2D eigenvalue weighted by Crippen LogP contribution is 2.21. The molecular weight excluding hydrogens is 240 g/mol. The molecule has 1 rings (SSSR count). The Kier molecular flexibility index (Phi) is 5.74. The van der Waals surface area contributed by atoms with Crippen molar-refractivity contribution in [3.63, 3.8) is 0 Å². The van der Waals surface area contributed by atoms with E-state index in [9.17, 15) is 10.1 Å². The van der Waals surface area contributed by atoms with Gasteiger partial charge in [0.25, 0.3) is 0 Å². The SMILES string of the molecule is NNc1ncc([N+](=O)[O-])c(NCCCCCO)n1.